The minimum atomic E-state index is -0.798. The molecule has 408 valence electrons. The third kappa shape index (κ3) is 56.7. The summed E-state index contributed by atoms with van der Waals surface area (Å²) in [4.78, 5) is 38.2. The van der Waals surface area contributed by atoms with Gasteiger partial charge in [0.05, 0.1) is 0 Å². The molecule has 0 saturated carbocycles. The first-order valence-electron chi connectivity index (χ1n) is 29.5. The highest BCUT2D eigenvalue weighted by Crippen LogP contribution is 2.14. The Balaban J connectivity index is 4.41. The Hall–Kier alpha value is -4.19. The van der Waals surface area contributed by atoms with Crippen LogP contribution in [0, 0.1) is 0 Å². The average Bonchev–Trinajstić information content (AvgIpc) is 3.38. The Morgan fingerprint density at radius 1 is 0.292 bits per heavy atom. The van der Waals surface area contributed by atoms with Crippen molar-refractivity contribution in [1.82, 2.24) is 0 Å². The highest BCUT2D eigenvalue weighted by Gasteiger charge is 2.19. The van der Waals surface area contributed by atoms with Crippen LogP contribution in [0.5, 0.6) is 0 Å². The van der Waals surface area contributed by atoms with Crippen LogP contribution in [0.4, 0.5) is 0 Å². The number of hydrogen-bond acceptors (Lipinski definition) is 6. The topological polar surface area (TPSA) is 78.9 Å². The normalized spacial score (nSPS) is 13.0. The van der Waals surface area contributed by atoms with Crippen LogP contribution in [0.1, 0.15) is 258 Å². The molecule has 0 N–H and O–H groups in total. The fraction of sp³-hybridized carbons (Fsp3) is 0.652. The first-order chi connectivity index (χ1) is 35.5. The zero-order valence-corrected chi connectivity index (χ0v) is 46.7. The molecule has 0 aliphatic rings. The molecule has 0 radical (unpaired) electrons. The van der Waals surface area contributed by atoms with Crippen LogP contribution in [-0.2, 0) is 28.6 Å². The molecule has 0 heterocycles. The van der Waals surface area contributed by atoms with E-state index in [4.69, 9.17) is 14.2 Å². The molecule has 6 heteroatoms. The molecule has 0 aromatic rings. The molecule has 6 nitrogen and oxygen atoms in total. The van der Waals surface area contributed by atoms with E-state index in [2.05, 4.69) is 142 Å². The lowest BCUT2D eigenvalue weighted by Gasteiger charge is -2.18. The Morgan fingerprint density at radius 3 is 0.861 bits per heavy atom. The monoisotopic (exact) mass is 997 g/mol. The van der Waals surface area contributed by atoms with Crippen LogP contribution in [-0.4, -0.2) is 37.2 Å². The van der Waals surface area contributed by atoms with Gasteiger partial charge in [0.25, 0.3) is 0 Å². The van der Waals surface area contributed by atoms with Gasteiger partial charge >= 0.3 is 17.9 Å². The summed E-state index contributed by atoms with van der Waals surface area (Å²) < 4.78 is 16.9. The fourth-order valence-corrected chi connectivity index (χ4v) is 7.81. The average molecular weight is 998 g/mol. The third-order valence-electron chi connectivity index (χ3n) is 12.2. The molecule has 72 heavy (non-hydrogen) atoms. The van der Waals surface area contributed by atoms with E-state index in [0.717, 1.165) is 148 Å². The van der Waals surface area contributed by atoms with Gasteiger partial charge in [-0.2, -0.15) is 0 Å². The Bertz CT molecular complexity index is 1520. The van der Waals surface area contributed by atoms with Gasteiger partial charge in [-0.3, -0.25) is 14.4 Å². The SMILES string of the molecule is CC/C=C\C/C=C\C/C=C\C/C=C\C/C=C\CCCCCCCCCC(=O)OCC(COC(=O)CCCCCCC/C=C\CCCCC)OC(=O)CCCCCCCC/C=C\C/C=C\C/C=C\C/C=C\CC. The van der Waals surface area contributed by atoms with Gasteiger partial charge in [-0.15, -0.1) is 0 Å². The van der Waals surface area contributed by atoms with Crippen LogP contribution < -0.4 is 0 Å². The summed E-state index contributed by atoms with van der Waals surface area (Å²) in [6.07, 6.45) is 81.9. The summed E-state index contributed by atoms with van der Waals surface area (Å²) in [7, 11) is 0. The number of ether oxygens (including phenoxy) is 3. The Kier molecular flexibility index (Phi) is 55.9. The maximum atomic E-state index is 12.9. The third-order valence-corrected chi connectivity index (χ3v) is 12.2. The number of carbonyl (C=O) groups excluding carboxylic acids is 3. The van der Waals surface area contributed by atoms with E-state index >= 15 is 0 Å². The van der Waals surface area contributed by atoms with Crippen molar-refractivity contribution in [3.63, 3.8) is 0 Å². The van der Waals surface area contributed by atoms with Crippen LogP contribution >= 0.6 is 0 Å². The Labute approximate surface area is 443 Å². The second kappa shape index (κ2) is 59.4. The van der Waals surface area contributed by atoms with E-state index in [1.54, 1.807) is 0 Å². The molecule has 1 atom stereocenters. The predicted octanol–water partition coefficient (Wildman–Crippen LogP) is 20.0. The fourth-order valence-electron chi connectivity index (χ4n) is 7.81. The standard InChI is InChI=1S/C66H108O6/c1-4-7-10-13-16-19-22-25-27-29-31-32-33-34-36-37-39-41-44-47-50-53-56-59-65(68)71-62-63(61-70-64(67)58-55-52-49-46-43-24-21-18-15-12-9-6-3)72-66(69)60-57-54-51-48-45-42-40-38-35-30-28-26-23-20-17-14-11-8-5-2/h7-8,10-11,16-21,25-28,31-32,34-36,38,63H,4-6,9,12-15,22-24,29-30,33,37,39-62H2,1-3H3/b10-7-,11-8-,19-16-,20-17-,21-18-,27-25-,28-26-,32-31-,36-34-,38-35-. The lowest BCUT2D eigenvalue weighted by molar-refractivity contribution is -0.167. The minimum absolute atomic E-state index is 0.0944. The lowest BCUT2D eigenvalue weighted by Crippen LogP contribution is -2.30. The van der Waals surface area contributed by atoms with Crippen molar-refractivity contribution in [2.75, 3.05) is 13.2 Å². The molecule has 0 saturated heterocycles. The maximum Gasteiger partial charge on any atom is 0.306 e. The van der Waals surface area contributed by atoms with Crippen molar-refractivity contribution in [2.24, 2.45) is 0 Å². The molecule has 0 aromatic carbocycles. The van der Waals surface area contributed by atoms with E-state index in [1.165, 1.54) is 70.6 Å². The van der Waals surface area contributed by atoms with E-state index in [1.807, 2.05) is 0 Å². The van der Waals surface area contributed by atoms with Crippen molar-refractivity contribution in [1.29, 1.82) is 0 Å². The molecule has 0 aliphatic heterocycles. The smallest absolute Gasteiger partial charge is 0.306 e. The summed E-state index contributed by atoms with van der Waals surface area (Å²) >= 11 is 0. The molecule has 0 fully saturated rings. The summed E-state index contributed by atoms with van der Waals surface area (Å²) in [5.74, 6) is -0.929. The summed E-state index contributed by atoms with van der Waals surface area (Å²) in [5.41, 5.74) is 0. The van der Waals surface area contributed by atoms with Gasteiger partial charge in [-0.25, -0.2) is 0 Å². The highest BCUT2D eigenvalue weighted by atomic mass is 16.6. The zero-order chi connectivity index (χ0) is 52.2. The van der Waals surface area contributed by atoms with E-state index in [0.29, 0.717) is 19.3 Å². The van der Waals surface area contributed by atoms with E-state index in [9.17, 15) is 14.4 Å². The molecular weight excluding hydrogens is 889 g/mol. The largest absolute Gasteiger partial charge is 0.462 e. The van der Waals surface area contributed by atoms with E-state index in [-0.39, 0.29) is 31.1 Å². The number of carbonyl (C=O) groups is 3. The summed E-state index contributed by atoms with van der Waals surface area (Å²) in [6, 6.07) is 0. The molecule has 0 aromatic heterocycles. The molecule has 0 bridgehead atoms. The van der Waals surface area contributed by atoms with Gasteiger partial charge < -0.3 is 14.2 Å². The number of allylic oxidation sites excluding steroid dienone is 20. The second-order valence-corrected chi connectivity index (χ2v) is 19.1. The first-order valence-corrected chi connectivity index (χ1v) is 29.5. The van der Waals surface area contributed by atoms with Crippen LogP contribution in [0.25, 0.3) is 0 Å². The predicted molar refractivity (Wildman–Crippen MR) is 311 cm³/mol. The van der Waals surface area contributed by atoms with Crippen LogP contribution in [0.15, 0.2) is 122 Å². The van der Waals surface area contributed by atoms with Crippen molar-refractivity contribution in [2.45, 2.75) is 264 Å². The van der Waals surface area contributed by atoms with Gasteiger partial charge in [-0.1, -0.05) is 232 Å². The maximum absolute atomic E-state index is 12.9. The van der Waals surface area contributed by atoms with Gasteiger partial charge in [0.15, 0.2) is 6.10 Å². The molecule has 0 amide bonds. The number of unbranched alkanes of at least 4 members (excludes halogenated alkanes) is 21. The van der Waals surface area contributed by atoms with Gasteiger partial charge in [0.1, 0.15) is 13.2 Å². The van der Waals surface area contributed by atoms with Crippen molar-refractivity contribution in [3.8, 4) is 0 Å². The quantitative estimate of drug-likeness (QED) is 0.0261. The van der Waals surface area contributed by atoms with Gasteiger partial charge in [0.2, 0.25) is 0 Å². The first kappa shape index (κ1) is 67.8. The number of rotatable bonds is 52. The zero-order valence-electron chi connectivity index (χ0n) is 46.7. The molecular formula is C66H108O6. The van der Waals surface area contributed by atoms with Crippen molar-refractivity contribution >= 4 is 17.9 Å². The van der Waals surface area contributed by atoms with Crippen molar-refractivity contribution in [3.05, 3.63) is 122 Å². The van der Waals surface area contributed by atoms with E-state index < -0.39 is 6.10 Å². The second-order valence-electron chi connectivity index (χ2n) is 19.1. The van der Waals surface area contributed by atoms with Crippen LogP contribution in [0.2, 0.25) is 0 Å². The van der Waals surface area contributed by atoms with Crippen LogP contribution in [0.3, 0.4) is 0 Å². The summed E-state index contributed by atoms with van der Waals surface area (Å²) in [5, 5.41) is 0. The van der Waals surface area contributed by atoms with Gasteiger partial charge in [0, 0.05) is 19.3 Å². The number of esters is 3. The molecule has 0 aliphatic carbocycles. The minimum Gasteiger partial charge on any atom is -0.462 e. The molecule has 0 rings (SSSR count). The highest BCUT2D eigenvalue weighted by molar-refractivity contribution is 5.71. The molecule has 1 unspecified atom stereocenters. The number of hydrogen-bond donors (Lipinski definition) is 0. The molecule has 0 spiro atoms. The Morgan fingerprint density at radius 2 is 0.542 bits per heavy atom. The van der Waals surface area contributed by atoms with Crippen molar-refractivity contribution < 1.29 is 28.6 Å². The lowest BCUT2D eigenvalue weighted by atomic mass is 10.1. The summed E-state index contributed by atoms with van der Waals surface area (Å²) in [6.45, 7) is 6.36. The van der Waals surface area contributed by atoms with Gasteiger partial charge in [-0.05, 0) is 128 Å².